The molecule has 1 saturated heterocycles. The van der Waals surface area contributed by atoms with Crippen LogP contribution in [0.5, 0.6) is 0 Å². The van der Waals surface area contributed by atoms with E-state index in [-0.39, 0.29) is 0 Å². The average molecular weight is 288 g/mol. The Morgan fingerprint density at radius 1 is 1.05 bits per heavy atom. The van der Waals surface area contributed by atoms with Crippen LogP contribution in [0.1, 0.15) is 51.0 Å². The van der Waals surface area contributed by atoms with Gasteiger partial charge in [0.15, 0.2) is 0 Å². The quantitative estimate of drug-likeness (QED) is 0.694. The van der Waals surface area contributed by atoms with Crippen LogP contribution >= 0.6 is 0 Å². The van der Waals surface area contributed by atoms with Gasteiger partial charge in [0.2, 0.25) is 0 Å². The summed E-state index contributed by atoms with van der Waals surface area (Å²) in [5.74, 6) is 0. The van der Waals surface area contributed by atoms with Crippen LogP contribution in [0.3, 0.4) is 0 Å². The zero-order chi connectivity index (χ0) is 14.8. The van der Waals surface area contributed by atoms with Gasteiger partial charge in [-0.2, -0.15) is 0 Å². The van der Waals surface area contributed by atoms with Crippen molar-refractivity contribution in [2.45, 2.75) is 57.9 Å². The standard InChI is InChI=1S/C19H32N2/c1-2-3-4-8-14-20-19-12-16-21(17-13-19)15-11-18-9-6-5-7-10-18/h5-7,9-10,19-20H,2-4,8,11-17H2,1H3. The van der Waals surface area contributed by atoms with Gasteiger partial charge in [0.25, 0.3) is 0 Å². The number of nitrogens with one attached hydrogen (secondary N) is 1. The lowest BCUT2D eigenvalue weighted by atomic mass is 10.0. The van der Waals surface area contributed by atoms with Crippen molar-refractivity contribution >= 4 is 0 Å². The normalized spacial score (nSPS) is 17.2. The highest BCUT2D eigenvalue weighted by Gasteiger charge is 2.17. The van der Waals surface area contributed by atoms with Crippen molar-refractivity contribution in [1.82, 2.24) is 10.2 Å². The molecule has 1 fully saturated rings. The molecule has 0 radical (unpaired) electrons. The minimum atomic E-state index is 0.764. The Labute approximate surface area is 130 Å². The predicted molar refractivity (Wildman–Crippen MR) is 91.8 cm³/mol. The van der Waals surface area contributed by atoms with Crippen molar-refractivity contribution < 1.29 is 0 Å². The Kier molecular flexibility index (Phi) is 7.83. The fraction of sp³-hybridized carbons (Fsp3) is 0.684. The highest BCUT2D eigenvalue weighted by atomic mass is 15.1. The zero-order valence-corrected chi connectivity index (χ0v) is 13.7. The summed E-state index contributed by atoms with van der Waals surface area (Å²) in [6, 6.07) is 11.6. The SMILES string of the molecule is CCCCCCNC1CCN(CCc2ccccc2)CC1. The summed E-state index contributed by atoms with van der Waals surface area (Å²) in [5, 5.41) is 3.75. The van der Waals surface area contributed by atoms with Crippen LogP contribution < -0.4 is 5.32 Å². The summed E-state index contributed by atoms with van der Waals surface area (Å²) >= 11 is 0. The molecule has 0 saturated carbocycles. The molecule has 0 unspecified atom stereocenters. The number of likely N-dealkylation sites (tertiary alicyclic amines) is 1. The third kappa shape index (κ3) is 6.62. The highest BCUT2D eigenvalue weighted by molar-refractivity contribution is 5.14. The van der Waals surface area contributed by atoms with E-state index in [1.54, 1.807) is 0 Å². The fourth-order valence-electron chi connectivity index (χ4n) is 3.15. The smallest absolute Gasteiger partial charge is 0.00914 e. The molecule has 2 nitrogen and oxygen atoms in total. The number of hydrogen-bond acceptors (Lipinski definition) is 2. The third-order valence-corrected chi connectivity index (χ3v) is 4.61. The van der Waals surface area contributed by atoms with Crippen molar-refractivity contribution in [3.8, 4) is 0 Å². The Morgan fingerprint density at radius 2 is 1.81 bits per heavy atom. The molecule has 1 aromatic carbocycles. The second-order valence-corrected chi connectivity index (χ2v) is 6.37. The topological polar surface area (TPSA) is 15.3 Å². The monoisotopic (exact) mass is 288 g/mol. The van der Waals surface area contributed by atoms with Crippen LogP contribution in [-0.2, 0) is 6.42 Å². The Balaban J connectivity index is 1.54. The van der Waals surface area contributed by atoms with Crippen LogP contribution in [0.25, 0.3) is 0 Å². The van der Waals surface area contributed by atoms with Gasteiger partial charge in [0.1, 0.15) is 0 Å². The maximum atomic E-state index is 3.75. The summed E-state index contributed by atoms with van der Waals surface area (Å²) in [5.41, 5.74) is 1.47. The van der Waals surface area contributed by atoms with Crippen molar-refractivity contribution in [3.05, 3.63) is 35.9 Å². The number of unbranched alkanes of at least 4 members (excludes halogenated alkanes) is 3. The molecular formula is C19H32N2. The fourth-order valence-corrected chi connectivity index (χ4v) is 3.15. The van der Waals surface area contributed by atoms with E-state index in [0.29, 0.717) is 0 Å². The van der Waals surface area contributed by atoms with Gasteiger partial charge in [-0.15, -0.1) is 0 Å². The molecule has 1 N–H and O–H groups in total. The molecule has 118 valence electrons. The molecule has 1 aliphatic heterocycles. The minimum absolute atomic E-state index is 0.764. The first-order valence-electron chi connectivity index (χ1n) is 8.88. The molecule has 0 atom stereocenters. The molecule has 21 heavy (non-hydrogen) atoms. The van der Waals surface area contributed by atoms with Gasteiger partial charge in [-0.25, -0.2) is 0 Å². The summed E-state index contributed by atoms with van der Waals surface area (Å²) in [6.45, 7) is 7.24. The van der Waals surface area contributed by atoms with E-state index in [2.05, 4.69) is 47.5 Å². The number of piperidine rings is 1. The summed E-state index contributed by atoms with van der Waals surface area (Å²) < 4.78 is 0. The maximum Gasteiger partial charge on any atom is 0.00914 e. The van der Waals surface area contributed by atoms with E-state index in [9.17, 15) is 0 Å². The average Bonchev–Trinajstić information content (AvgIpc) is 2.55. The highest BCUT2D eigenvalue weighted by Crippen LogP contribution is 2.12. The van der Waals surface area contributed by atoms with E-state index in [1.807, 2.05) is 0 Å². The number of benzene rings is 1. The maximum absolute atomic E-state index is 3.75. The van der Waals surface area contributed by atoms with Gasteiger partial charge >= 0.3 is 0 Å². The molecular weight excluding hydrogens is 256 g/mol. The summed E-state index contributed by atoms with van der Waals surface area (Å²) in [7, 11) is 0. The van der Waals surface area contributed by atoms with E-state index in [1.165, 1.54) is 76.7 Å². The van der Waals surface area contributed by atoms with Crippen LogP contribution in [0.4, 0.5) is 0 Å². The Bertz CT molecular complexity index is 355. The molecule has 1 heterocycles. The minimum Gasteiger partial charge on any atom is -0.314 e. The van der Waals surface area contributed by atoms with Gasteiger partial charge in [0.05, 0.1) is 0 Å². The molecule has 0 bridgehead atoms. The van der Waals surface area contributed by atoms with E-state index < -0.39 is 0 Å². The van der Waals surface area contributed by atoms with Gasteiger partial charge in [-0.3, -0.25) is 0 Å². The second-order valence-electron chi connectivity index (χ2n) is 6.37. The van der Waals surface area contributed by atoms with E-state index in [0.717, 1.165) is 6.04 Å². The summed E-state index contributed by atoms with van der Waals surface area (Å²) in [4.78, 5) is 2.63. The molecule has 1 aliphatic rings. The number of hydrogen-bond donors (Lipinski definition) is 1. The molecule has 0 spiro atoms. The van der Waals surface area contributed by atoms with Crippen molar-refractivity contribution in [2.24, 2.45) is 0 Å². The van der Waals surface area contributed by atoms with Gasteiger partial charge in [-0.1, -0.05) is 56.5 Å². The lowest BCUT2D eigenvalue weighted by Crippen LogP contribution is -2.43. The summed E-state index contributed by atoms with van der Waals surface area (Å²) in [6.07, 6.45) is 9.29. The predicted octanol–water partition coefficient (Wildman–Crippen LogP) is 3.86. The van der Waals surface area contributed by atoms with Crippen LogP contribution in [0, 0.1) is 0 Å². The molecule has 2 rings (SSSR count). The number of nitrogens with zero attached hydrogens (tertiary/aromatic N) is 1. The van der Waals surface area contributed by atoms with Crippen molar-refractivity contribution in [1.29, 1.82) is 0 Å². The number of rotatable bonds is 9. The first kappa shape index (κ1) is 16.5. The molecule has 1 aromatic rings. The van der Waals surface area contributed by atoms with Gasteiger partial charge in [0, 0.05) is 12.6 Å². The Hall–Kier alpha value is -0.860. The zero-order valence-electron chi connectivity index (χ0n) is 13.7. The third-order valence-electron chi connectivity index (χ3n) is 4.61. The first-order valence-corrected chi connectivity index (χ1v) is 8.88. The molecule has 2 heteroatoms. The van der Waals surface area contributed by atoms with Gasteiger partial charge < -0.3 is 10.2 Å². The second kappa shape index (κ2) is 9.97. The lowest BCUT2D eigenvalue weighted by Gasteiger charge is -2.32. The first-order chi connectivity index (χ1) is 10.4. The van der Waals surface area contributed by atoms with Crippen molar-refractivity contribution in [3.63, 3.8) is 0 Å². The van der Waals surface area contributed by atoms with E-state index in [4.69, 9.17) is 0 Å². The Morgan fingerprint density at radius 3 is 2.52 bits per heavy atom. The molecule has 0 aromatic heterocycles. The van der Waals surface area contributed by atoms with Crippen LogP contribution in [-0.4, -0.2) is 37.1 Å². The molecule has 0 aliphatic carbocycles. The van der Waals surface area contributed by atoms with Crippen molar-refractivity contribution in [2.75, 3.05) is 26.2 Å². The van der Waals surface area contributed by atoms with Crippen LogP contribution in [0.2, 0.25) is 0 Å². The lowest BCUT2D eigenvalue weighted by molar-refractivity contribution is 0.199. The van der Waals surface area contributed by atoms with E-state index >= 15 is 0 Å². The molecule has 0 amide bonds. The van der Waals surface area contributed by atoms with Crippen LogP contribution in [0.15, 0.2) is 30.3 Å². The van der Waals surface area contributed by atoms with Gasteiger partial charge in [-0.05, 0) is 50.9 Å². The largest absolute Gasteiger partial charge is 0.314 e.